The van der Waals surface area contributed by atoms with Gasteiger partial charge in [0.05, 0.1) is 23.0 Å². The van der Waals surface area contributed by atoms with Crippen LogP contribution in [0.3, 0.4) is 0 Å². The summed E-state index contributed by atoms with van der Waals surface area (Å²) < 4.78 is 1.39. The topological polar surface area (TPSA) is 87.6 Å². The third-order valence-corrected chi connectivity index (χ3v) is 2.79. The molecule has 0 amide bonds. The van der Waals surface area contributed by atoms with Gasteiger partial charge in [0.25, 0.3) is 5.56 Å². The quantitative estimate of drug-likeness (QED) is 0.840. The maximum atomic E-state index is 12.0. The molecule has 1 aromatic carbocycles. The van der Waals surface area contributed by atoms with E-state index in [0.717, 1.165) is 5.69 Å². The van der Waals surface area contributed by atoms with Crippen molar-refractivity contribution in [3.05, 3.63) is 45.9 Å². The first-order chi connectivity index (χ1) is 8.54. The lowest BCUT2D eigenvalue weighted by atomic mass is 10.1. The molecule has 2 rings (SSSR count). The number of hydrogen-bond acceptors (Lipinski definition) is 3. The minimum atomic E-state index is -0.261. The summed E-state index contributed by atoms with van der Waals surface area (Å²) in [5.74, 6) is 0.150. The van der Waals surface area contributed by atoms with Crippen molar-refractivity contribution in [3.63, 3.8) is 0 Å². The molecular weight excluding hydrogens is 228 g/mol. The Balaban J connectivity index is 2.54. The first-order valence-electron chi connectivity index (χ1n) is 5.65. The van der Waals surface area contributed by atoms with Crippen LogP contribution in [0.2, 0.25) is 0 Å². The molecule has 0 aliphatic rings. The number of aromatic amines is 1. The maximum absolute atomic E-state index is 12.0. The lowest BCUT2D eigenvalue weighted by molar-refractivity contribution is 0.761. The van der Waals surface area contributed by atoms with Crippen LogP contribution in [-0.2, 0) is 0 Å². The van der Waals surface area contributed by atoms with E-state index in [1.165, 1.54) is 4.68 Å². The molecule has 3 N–H and O–H groups in total. The van der Waals surface area contributed by atoms with E-state index in [0.29, 0.717) is 11.3 Å². The van der Waals surface area contributed by atoms with Gasteiger partial charge in [0.15, 0.2) is 0 Å². The van der Waals surface area contributed by atoms with E-state index < -0.39 is 0 Å². The molecule has 0 aliphatic heterocycles. The van der Waals surface area contributed by atoms with E-state index in [9.17, 15) is 4.79 Å². The molecule has 18 heavy (non-hydrogen) atoms. The molecule has 5 nitrogen and oxygen atoms in total. The number of aromatic nitrogens is 2. The van der Waals surface area contributed by atoms with Crippen molar-refractivity contribution < 1.29 is 0 Å². The molecular formula is C13H14N4O. The number of nitrogen functional groups attached to an aromatic ring is 1. The second-order valence-electron chi connectivity index (χ2n) is 4.39. The number of benzene rings is 1. The van der Waals surface area contributed by atoms with Gasteiger partial charge in [-0.25, -0.2) is 4.68 Å². The zero-order chi connectivity index (χ0) is 13.3. The largest absolute Gasteiger partial charge is 0.393 e. The summed E-state index contributed by atoms with van der Waals surface area (Å²) >= 11 is 0. The number of nitriles is 1. The van der Waals surface area contributed by atoms with Crippen molar-refractivity contribution in [1.29, 1.82) is 5.26 Å². The van der Waals surface area contributed by atoms with E-state index in [2.05, 4.69) is 5.10 Å². The fourth-order valence-electron chi connectivity index (χ4n) is 1.77. The summed E-state index contributed by atoms with van der Waals surface area (Å²) in [4.78, 5) is 12.0. The van der Waals surface area contributed by atoms with Crippen LogP contribution in [0.5, 0.6) is 0 Å². The standard InChI is InChI=1S/C13H14N4O/c1-8(2)12-11(15)13(18)17(16-12)10-5-3-9(7-14)4-6-10/h3-6,8,16H,15H2,1-2H3. The van der Waals surface area contributed by atoms with Crippen LogP contribution in [0.25, 0.3) is 5.69 Å². The van der Waals surface area contributed by atoms with Crippen LogP contribution in [0.4, 0.5) is 5.69 Å². The Morgan fingerprint density at radius 2 is 1.94 bits per heavy atom. The smallest absolute Gasteiger partial charge is 0.294 e. The lowest BCUT2D eigenvalue weighted by Gasteiger charge is -2.03. The number of H-pyrrole nitrogens is 1. The van der Waals surface area contributed by atoms with Gasteiger partial charge < -0.3 is 5.73 Å². The number of nitrogens with two attached hydrogens (primary N) is 1. The maximum Gasteiger partial charge on any atom is 0.294 e. The summed E-state index contributed by atoms with van der Waals surface area (Å²) in [5, 5.41) is 11.7. The Labute approximate surface area is 104 Å². The molecule has 92 valence electrons. The zero-order valence-electron chi connectivity index (χ0n) is 10.3. The molecule has 0 fully saturated rings. The number of anilines is 1. The molecule has 0 saturated heterocycles. The zero-order valence-corrected chi connectivity index (χ0v) is 10.3. The molecule has 0 atom stereocenters. The molecule has 0 unspecified atom stereocenters. The SMILES string of the molecule is CC(C)c1[nH]n(-c2ccc(C#N)cc2)c(=O)c1N. The third-order valence-electron chi connectivity index (χ3n) is 2.79. The number of rotatable bonds is 2. The summed E-state index contributed by atoms with van der Waals surface area (Å²) in [5.41, 5.74) is 7.71. The second-order valence-corrected chi connectivity index (χ2v) is 4.39. The predicted octanol–water partition coefficient (Wildman–Crippen LogP) is 1.74. The van der Waals surface area contributed by atoms with Gasteiger partial charge in [0.1, 0.15) is 5.69 Å². The van der Waals surface area contributed by atoms with Crippen molar-refractivity contribution in [1.82, 2.24) is 9.78 Å². The van der Waals surface area contributed by atoms with Gasteiger partial charge in [-0.15, -0.1) is 0 Å². The monoisotopic (exact) mass is 242 g/mol. The van der Waals surface area contributed by atoms with E-state index in [1.807, 2.05) is 19.9 Å². The van der Waals surface area contributed by atoms with E-state index in [4.69, 9.17) is 11.0 Å². The Bertz CT molecular complexity index is 656. The van der Waals surface area contributed by atoms with E-state index in [1.54, 1.807) is 24.3 Å². The highest BCUT2D eigenvalue weighted by atomic mass is 16.1. The van der Waals surface area contributed by atoms with Crippen molar-refractivity contribution in [2.75, 3.05) is 5.73 Å². The van der Waals surface area contributed by atoms with Crippen LogP contribution < -0.4 is 11.3 Å². The van der Waals surface area contributed by atoms with Gasteiger partial charge in [-0.2, -0.15) is 5.26 Å². The molecule has 1 aromatic heterocycles. The molecule has 2 aromatic rings. The van der Waals surface area contributed by atoms with Crippen LogP contribution in [0.15, 0.2) is 29.1 Å². The van der Waals surface area contributed by atoms with Gasteiger partial charge in [0.2, 0.25) is 0 Å². The number of hydrogen-bond donors (Lipinski definition) is 2. The Hall–Kier alpha value is -2.48. The normalized spacial score (nSPS) is 10.6. The lowest BCUT2D eigenvalue weighted by Crippen LogP contribution is -2.16. The van der Waals surface area contributed by atoms with Gasteiger partial charge in [0, 0.05) is 0 Å². The predicted molar refractivity (Wildman–Crippen MR) is 69.6 cm³/mol. The second kappa shape index (κ2) is 4.41. The fourth-order valence-corrected chi connectivity index (χ4v) is 1.77. The van der Waals surface area contributed by atoms with Crippen molar-refractivity contribution in [3.8, 4) is 11.8 Å². The van der Waals surface area contributed by atoms with Gasteiger partial charge in [-0.3, -0.25) is 9.89 Å². The summed E-state index contributed by atoms with van der Waals surface area (Å²) in [6.45, 7) is 3.93. The summed E-state index contributed by atoms with van der Waals surface area (Å²) in [7, 11) is 0. The van der Waals surface area contributed by atoms with Crippen molar-refractivity contribution in [2.45, 2.75) is 19.8 Å². The van der Waals surface area contributed by atoms with Crippen LogP contribution in [0, 0.1) is 11.3 Å². The van der Waals surface area contributed by atoms with Crippen LogP contribution >= 0.6 is 0 Å². The Kier molecular flexibility index (Phi) is 2.94. The first-order valence-corrected chi connectivity index (χ1v) is 5.65. The molecule has 0 saturated carbocycles. The molecule has 5 heteroatoms. The Morgan fingerprint density at radius 3 is 2.39 bits per heavy atom. The third kappa shape index (κ3) is 1.89. The minimum Gasteiger partial charge on any atom is -0.393 e. The van der Waals surface area contributed by atoms with Gasteiger partial charge in [-0.05, 0) is 30.2 Å². The van der Waals surface area contributed by atoms with Crippen molar-refractivity contribution >= 4 is 5.69 Å². The number of nitrogens with one attached hydrogen (secondary N) is 1. The highest BCUT2D eigenvalue weighted by Crippen LogP contribution is 2.17. The summed E-state index contributed by atoms with van der Waals surface area (Å²) in [6, 6.07) is 8.77. The fraction of sp³-hybridized carbons (Fsp3) is 0.231. The summed E-state index contributed by atoms with van der Waals surface area (Å²) in [6.07, 6.45) is 0. The molecule has 0 radical (unpaired) electrons. The average Bonchev–Trinajstić information content (AvgIpc) is 2.67. The first kappa shape index (κ1) is 12.0. The highest BCUT2D eigenvalue weighted by Gasteiger charge is 2.14. The molecule has 1 heterocycles. The molecule has 0 bridgehead atoms. The van der Waals surface area contributed by atoms with Crippen LogP contribution in [-0.4, -0.2) is 9.78 Å². The Morgan fingerprint density at radius 1 is 1.33 bits per heavy atom. The van der Waals surface area contributed by atoms with E-state index in [-0.39, 0.29) is 17.2 Å². The van der Waals surface area contributed by atoms with Crippen molar-refractivity contribution in [2.24, 2.45) is 0 Å². The highest BCUT2D eigenvalue weighted by molar-refractivity contribution is 5.47. The molecule has 0 aliphatic carbocycles. The van der Waals surface area contributed by atoms with Crippen LogP contribution in [0.1, 0.15) is 31.0 Å². The van der Waals surface area contributed by atoms with E-state index >= 15 is 0 Å². The van der Waals surface area contributed by atoms with Gasteiger partial charge in [-0.1, -0.05) is 13.8 Å². The minimum absolute atomic E-state index is 0.150. The average molecular weight is 242 g/mol. The van der Waals surface area contributed by atoms with Gasteiger partial charge >= 0.3 is 0 Å². The molecule has 0 spiro atoms. The number of nitrogens with zero attached hydrogens (tertiary/aromatic N) is 2.